The molecule has 1 aromatic rings. The van der Waals surface area contributed by atoms with E-state index in [4.69, 9.17) is 5.73 Å². The summed E-state index contributed by atoms with van der Waals surface area (Å²) in [6.45, 7) is 0. The molecule has 94 valence electrons. The Bertz CT molecular complexity index is 396. The van der Waals surface area contributed by atoms with Crippen LogP contribution in [0.4, 0.5) is 5.69 Å². The van der Waals surface area contributed by atoms with E-state index in [-0.39, 0.29) is 11.9 Å². The fraction of sp³-hybridized carbons (Fsp3) is 0.636. The van der Waals surface area contributed by atoms with Crippen molar-refractivity contribution in [1.29, 1.82) is 0 Å². The van der Waals surface area contributed by atoms with Gasteiger partial charge in [-0.25, -0.2) is 0 Å². The second-order valence-electron chi connectivity index (χ2n) is 4.50. The lowest BCUT2D eigenvalue weighted by atomic mass is 9.92. The number of amides is 1. The van der Waals surface area contributed by atoms with E-state index >= 15 is 0 Å². The maximum atomic E-state index is 12.0. The first-order valence-electron chi connectivity index (χ1n) is 5.86. The number of anilines is 1. The molecule has 0 saturated heterocycles. The van der Waals surface area contributed by atoms with Crippen LogP contribution in [0, 0.1) is 0 Å². The molecule has 1 fully saturated rings. The van der Waals surface area contributed by atoms with Crippen LogP contribution in [0.3, 0.4) is 0 Å². The molecule has 6 heteroatoms. The van der Waals surface area contributed by atoms with Crippen molar-refractivity contribution in [2.75, 3.05) is 5.73 Å². The number of carbonyl (C=O) groups is 1. The number of aromatic nitrogens is 2. The molecule has 1 saturated carbocycles. The minimum Gasteiger partial charge on any atom is -0.396 e. The zero-order valence-corrected chi connectivity index (χ0v) is 9.89. The summed E-state index contributed by atoms with van der Waals surface area (Å²) in [6, 6.07) is -0.175. The molecular formula is C11H18N4O2. The highest BCUT2D eigenvalue weighted by molar-refractivity contribution is 5.97. The molecule has 1 amide bonds. The average molecular weight is 238 g/mol. The summed E-state index contributed by atoms with van der Waals surface area (Å²) in [5, 5.41) is 16.5. The van der Waals surface area contributed by atoms with E-state index in [9.17, 15) is 9.90 Å². The summed E-state index contributed by atoms with van der Waals surface area (Å²) in [5.74, 6) is -0.270. The van der Waals surface area contributed by atoms with Crippen molar-refractivity contribution in [3.05, 3.63) is 11.9 Å². The van der Waals surface area contributed by atoms with Crippen LogP contribution in [0.25, 0.3) is 0 Å². The van der Waals surface area contributed by atoms with Crippen LogP contribution in [0.15, 0.2) is 6.20 Å². The molecule has 6 nitrogen and oxygen atoms in total. The Morgan fingerprint density at radius 1 is 1.59 bits per heavy atom. The molecule has 4 N–H and O–H groups in total. The largest absolute Gasteiger partial charge is 0.396 e. The molecule has 1 aliphatic rings. The first kappa shape index (κ1) is 11.9. The molecule has 17 heavy (non-hydrogen) atoms. The Hall–Kier alpha value is -1.56. The predicted molar refractivity (Wildman–Crippen MR) is 63.3 cm³/mol. The first-order chi connectivity index (χ1) is 8.09. The van der Waals surface area contributed by atoms with Crippen molar-refractivity contribution in [2.24, 2.45) is 7.05 Å². The van der Waals surface area contributed by atoms with Crippen LogP contribution in [0.5, 0.6) is 0 Å². The fourth-order valence-corrected chi connectivity index (χ4v) is 2.25. The van der Waals surface area contributed by atoms with Gasteiger partial charge in [-0.1, -0.05) is 12.8 Å². The Balaban J connectivity index is 2.06. The lowest BCUT2D eigenvalue weighted by Crippen LogP contribution is -2.45. The number of nitrogens with zero attached hydrogens (tertiary/aromatic N) is 2. The normalized spacial score (nSPS) is 24.6. The number of rotatable bonds is 2. The molecule has 1 aliphatic carbocycles. The lowest BCUT2D eigenvalue weighted by Gasteiger charge is -2.28. The number of aliphatic hydroxyl groups excluding tert-OH is 1. The summed E-state index contributed by atoms with van der Waals surface area (Å²) in [4.78, 5) is 12.0. The third-order valence-corrected chi connectivity index (χ3v) is 3.23. The van der Waals surface area contributed by atoms with Gasteiger partial charge in [-0.05, 0) is 12.8 Å². The molecule has 2 rings (SSSR count). The number of hydrogen-bond acceptors (Lipinski definition) is 4. The third-order valence-electron chi connectivity index (χ3n) is 3.23. The Labute approximate surface area is 99.8 Å². The van der Waals surface area contributed by atoms with Crippen LogP contribution >= 0.6 is 0 Å². The van der Waals surface area contributed by atoms with Gasteiger partial charge >= 0.3 is 0 Å². The summed E-state index contributed by atoms with van der Waals surface area (Å²) >= 11 is 0. The predicted octanol–water partition coefficient (Wildman–Crippen LogP) is 0.0356. The average Bonchev–Trinajstić information content (AvgIpc) is 2.62. The van der Waals surface area contributed by atoms with Gasteiger partial charge < -0.3 is 16.2 Å². The van der Waals surface area contributed by atoms with E-state index in [1.807, 2.05) is 0 Å². The molecule has 1 aromatic heterocycles. The van der Waals surface area contributed by atoms with Crippen molar-refractivity contribution < 1.29 is 9.90 Å². The highest BCUT2D eigenvalue weighted by Gasteiger charge is 2.26. The quantitative estimate of drug-likeness (QED) is 0.678. The van der Waals surface area contributed by atoms with Crippen molar-refractivity contribution in [3.63, 3.8) is 0 Å². The zero-order valence-electron chi connectivity index (χ0n) is 9.89. The molecule has 0 spiro atoms. The smallest absolute Gasteiger partial charge is 0.271 e. The zero-order chi connectivity index (χ0) is 12.4. The van der Waals surface area contributed by atoms with Gasteiger partial charge in [0, 0.05) is 7.05 Å². The van der Waals surface area contributed by atoms with Crippen molar-refractivity contribution in [3.8, 4) is 0 Å². The molecule has 0 radical (unpaired) electrons. The maximum Gasteiger partial charge on any atom is 0.271 e. The topological polar surface area (TPSA) is 93.2 Å². The van der Waals surface area contributed by atoms with Crippen LogP contribution in [0.2, 0.25) is 0 Å². The van der Waals surface area contributed by atoms with Gasteiger partial charge in [0.1, 0.15) is 5.69 Å². The van der Waals surface area contributed by atoms with Crippen molar-refractivity contribution in [2.45, 2.75) is 37.8 Å². The van der Waals surface area contributed by atoms with E-state index < -0.39 is 6.10 Å². The highest BCUT2D eigenvalue weighted by Crippen LogP contribution is 2.19. The van der Waals surface area contributed by atoms with Gasteiger partial charge in [0.05, 0.1) is 24.0 Å². The molecule has 2 atom stereocenters. The molecular weight excluding hydrogens is 220 g/mol. The van der Waals surface area contributed by atoms with Gasteiger partial charge in [0.15, 0.2) is 0 Å². The molecule has 0 aliphatic heterocycles. The number of nitrogen functional groups attached to an aromatic ring is 1. The highest BCUT2D eigenvalue weighted by atomic mass is 16.3. The third kappa shape index (κ3) is 2.41. The van der Waals surface area contributed by atoms with E-state index in [1.54, 1.807) is 7.05 Å². The van der Waals surface area contributed by atoms with Crippen LogP contribution < -0.4 is 11.1 Å². The fourth-order valence-electron chi connectivity index (χ4n) is 2.25. The van der Waals surface area contributed by atoms with Gasteiger partial charge in [-0.2, -0.15) is 5.10 Å². The molecule has 0 bridgehead atoms. The van der Waals surface area contributed by atoms with Crippen molar-refractivity contribution >= 4 is 11.6 Å². The van der Waals surface area contributed by atoms with Crippen LogP contribution in [-0.2, 0) is 7.05 Å². The van der Waals surface area contributed by atoms with E-state index in [0.29, 0.717) is 11.4 Å². The lowest BCUT2D eigenvalue weighted by molar-refractivity contribution is 0.0711. The van der Waals surface area contributed by atoms with E-state index in [1.165, 1.54) is 10.9 Å². The molecule has 0 aromatic carbocycles. The molecule has 1 heterocycles. The Morgan fingerprint density at radius 3 is 2.88 bits per heavy atom. The van der Waals surface area contributed by atoms with Crippen molar-refractivity contribution in [1.82, 2.24) is 15.1 Å². The monoisotopic (exact) mass is 238 g/mol. The molecule has 2 unspecified atom stereocenters. The van der Waals surface area contributed by atoms with Gasteiger partial charge in [-0.3, -0.25) is 9.48 Å². The van der Waals surface area contributed by atoms with E-state index in [0.717, 1.165) is 25.7 Å². The SMILES string of the molecule is Cn1ncc(N)c1C(=O)NC1CCCCC1O. The minimum atomic E-state index is -0.456. The van der Waals surface area contributed by atoms with Crippen LogP contribution in [0.1, 0.15) is 36.2 Å². The number of hydrogen-bond donors (Lipinski definition) is 3. The van der Waals surface area contributed by atoms with Gasteiger partial charge in [0.2, 0.25) is 0 Å². The Morgan fingerprint density at radius 2 is 2.29 bits per heavy atom. The summed E-state index contributed by atoms with van der Waals surface area (Å²) < 4.78 is 1.44. The number of aliphatic hydroxyl groups is 1. The first-order valence-corrected chi connectivity index (χ1v) is 5.86. The van der Waals surface area contributed by atoms with Gasteiger partial charge in [-0.15, -0.1) is 0 Å². The number of aryl methyl sites for hydroxylation is 1. The Kier molecular flexibility index (Phi) is 3.33. The second kappa shape index (κ2) is 4.75. The maximum absolute atomic E-state index is 12.0. The van der Waals surface area contributed by atoms with E-state index in [2.05, 4.69) is 10.4 Å². The second-order valence-corrected chi connectivity index (χ2v) is 4.50. The number of nitrogens with one attached hydrogen (secondary N) is 1. The standard InChI is InChI=1S/C11H18N4O2/c1-15-10(7(12)6-13-15)11(17)14-8-4-2-3-5-9(8)16/h6,8-9,16H,2-5,12H2,1H3,(H,14,17). The summed E-state index contributed by atoms with van der Waals surface area (Å²) in [7, 11) is 1.67. The minimum absolute atomic E-state index is 0.175. The number of carbonyl (C=O) groups excluding carboxylic acids is 1. The van der Waals surface area contributed by atoms with Gasteiger partial charge in [0.25, 0.3) is 5.91 Å². The van der Waals surface area contributed by atoms with Crippen LogP contribution in [-0.4, -0.2) is 32.9 Å². The number of nitrogens with two attached hydrogens (primary N) is 1. The summed E-state index contributed by atoms with van der Waals surface area (Å²) in [6.07, 6.45) is 4.59. The summed E-state index contributed by atoms with van der Waals surface area (Å²) in [5.41, 5.74) is 6.38.